The summed E-state index contributed by atoms with van der Waals surface area (Å²) in [5.74, 6) is -1.39. The highest BCUT2D eigenvalue weighted by Crippen LogP contribution is 2.39. The lowest BCUT2D eigenvalue weighted by atomic mass is 9.71. The first-order chi connectivity index (χ1) is 10.9. The van der Waals surface area contributed by atoms with Crippen molar-refractivity contribution in [1.82, 2.24) is 0 Å². The minimum Gasteiger partial charge on any atom is -0.481 e. The molecule has 2 rings (SSSR count). The molecule has 1 aliphatic rings. The van der Waals surface area contributed by atoms with Crippen LogP contribution in [0, 0.1) is 5.41 Å². The number of hydrogen-bond acceptors (Lipinski definition) is 3. The molecule has 23 heavy (non-hydrogen) atoms. The molecule has 3 N–H and O–H groups in total. The van der Waals surface area contributed by atoms with Crippen LogP contribution in [0.2, 0.25) is 0 Å². The smallest absolute Gasteiger partial charge is 0.310 e. The minimum atomic E-state index is -0.947. The van der Waals surface area contributed by atoms with E-state index in [9.17, 15) is 19.5 Å². The molecule has 0 atom stereocenters. The number of aliphatic carboxylic acids is 1. The summed E-state index contributed by atoms with van der Waals surface area (Å²) >= 11 is 0. The van der Waals surface area contributed by atoms with Gasteiger partial charge in [0.15, 0.2) is 0 Å². The van der Waals surface area contributed by atoms with Crippen molar-refractivity contribution in [3.63, 3.8) is 0 Å². The monoisotopic (exact) mass is 318 g/mol. The average molecular weight is 318 g/mol. The lowest BCUT2D eigenvalue weighted by molar-refractivity contribution is -0.153. The number of benzene rings is 1. The molecule has 0 aliphatic heterocycles. The van der Waals surface area contributed by atoms with Crippen molar-refractivity contribution in [2.24, 2.45) is 5.41 Å². The zero-order chi connectivity index (χ0) is 16.9. The van der Waals surface area contributed by atoms with Gasteiger partial charge in [-0.25, -0.2) is 0 Å². The van der Waals surface area contributed by atoms with E-state index < -0.39 is 11.4 Å². The quantitative estimate of drug-likeness (QED) is 0.777. The zero-order valence-electron chi connectivity index (χ0n) is 13.2. The molecule has 0 bridgehead atoms. The predicted molar refractivity (Wildman–Crippen MR) is 87.1 cm³/mol. The van der Waals surface area contributed by atoms with E-state index >= 15 is 0 Å². The molecule has 1 aromatic carbocycles. The highest BCUT2D eigenvalue weighted by molar-refractivity contribution is 5.95. The number of carboxylic acids is 1. The third-order valence-corrected chi connectivity index (χ3v) is 4.23. The van der Waals surface area contributed by atoms with E-state index in [1.54, 1.807) is 24.3 Å². The number of hydrogen-bond donors (Lipinski definition) is 3. The fraction of sp³-hybridized carbons (Fsp3) is 0.471. The summed E-state index contributed by atoms with van der Waals surface area (Å²) in [5.41, 5.74) is 0.177. The standard InChI is InChI=1S/C17H22N2O4/c1-12(20)18-13-6-5-7-14(10-13)19-15(21)11-17(16(22)23)8-3-2-4-9-17/h5-7,10H,2-4,8-9,11H2,1H3,(H,18,20)(H,19,21)(H,22,23). The normalized spacial score (nSPS) is 16.4. The molecule has 2 amide bonds. The molecule has 6 heteroatoms. The Morgan fingerprint density at radius 2 is 1.70 bits per heavy atom. The van der Waals surface area contributed by atoms with Crippen LogP contribution in [-0.2, 0) is 14.4 Å². The summed E-state index contributed by atoms with van der Waals surface area (Å²) in [6, 6.07) is 6.79. The van der Waals surface area contributed by atoms with Crippen LogP contribution in [0.3, 0.4) is 0 Å². The second-order valence-electron chi connectivity index (χ2n) is 6.13. The maximum atomic E-state index is 12.3. The summed E-state index contributed by atoms with van der Waals surface area (Å²) in [7, 11) is 0. The third-order valence-electron chi connectivity index (χ3n) is 4.23. The van der Waals surface area contributed by atoms with E-state index in [2.05, 4.69) is 10.6 Å². The Hall–Kier alpha value is -2.37. The summed E-state index contributed by atoms with van der Waals surface area (Å²) in [6.45, 7) is 1.41. The van der Waals surface area contributed by atoms with Gasteiger partial charge in [-0.05, 0) is 31.0 Å². The molecule has 0 unspecified atom stereocenters. The maximum Gasteiger partial charge on any atom is 0.310 e. The van der Waals surface area contributed by atoms with Gasteiger partial charge in [-0.1, -0.05) is 25.3 Å². The van der Waals surface area contributed by atoms with Crippen LogP contribution in [0.5, 0.6) is 0 Å². The molecule has 0 aromatic heterocycles. The molecule has 6 nitrogen and oxygen atoms in total. The van der Waals surface area contributed by atoms with Crippen molar-refractivity contribution < 1.29 is 19.5 Å². The van der Waals surface area contributed by atoms with Crippen molar-refractivity contribution in [1.29, 1.82) is 0 Å². The van der Waals surface area contributed by atoms with Crippen molar-refractivity contribution in [3.05, 3.63) is 24.3 Å². The van der Waals surface area contributed by atoms with Crippen molar-refractivity contribution in [2.75, 3.05) is 10.6 Å². The van der Waals surface area contributed by atoms with Gasteiger partial charge in [-0.2, -0.15) is 0 Å². The molecule has 1 aromatic rings. The molecule has 0 spiro atoms. The number of carbonyl (C=O) groups excluding carboxylic acids is 2. The summed E-state index contributed by atoms with van der Waals surface area (Å²) < 4.78 is 0. The van der Waals surface area contributed by atoms with Crippen LogP contribution in [-0.4, -0.2) is 22.9 Å². The number of anilines is 2. The Morgan fingerprint density at radius 3 is 2.26 bits per heavy atom. The molecule has 0 heterocycles. The van der Waals surface area contributed by atoms with Gasteiger partial charge in [0, 0.05) is 24.7 Å². The van der Waals surface area contributed by atoms with Crippen LogP contribution < -0.4 is 10.6 Å². The highest BCUT2D eigenvalue weighted by Gasteiger charge is 2.41. The number of carbonyl (C=O) groups is 3. The highest BCUT2D eigenvalue weighted by atomic mass is 16.4. The molecule has 1 fully saturated rings. The van der Waals surface area contributed by atoms with E-state index in [0.717, 1.165) is 19.3 Å². The Bertz CT molecular complexity index is 606. The predicted octanol–water partition coefficient (Wildman–Crippen LogP) is 3.01. The summed E-state index contributed by atoms with van der Waals surface area (Å²) in [6.07, 6.45) is 3.78. The number of rotatable bonds is 5. The first-order valence-corrected chi connectivity index (χ1v) is 7.82. The Balaban J connectivity index is 2.03. The second-order valence-corrected chi connectivity index (χ2v) is 6.13. The third kappa shape index (κ3) is 4.55. The first kappa shape index (κ1) is 17.0. The van der Waals surface area contributed by atoms with Gasteiger partial charge in [0.1, 0.15) is 0 Å². The number of nitrogens with one attached hydrogen (secondary N) is 2. The Kier molecular flexibility index (Phi) is 5.36. The minimum absolute atomic E-state index is 0.0211. The number of amides is 2. The van der Waals surface area contributed by atoms with Gasteiger partial charge in [0.2, 0.25) is 11.8 Å². The van der Waals surface area contributed by atoms with Crippen molar-refractivity contribution in [3.8, 4) is 0 Å². The zero-order valence-corrected chi connectivity index (χ0v) is 13.2. The SMILES string of the molecule is CC(=O)Nc1cccc(NC(=O)CC2(C(=O)O)CCCCC2)c1. The maximum absolute atomic E-state index is 12.3. The van der Waals surface area contributed by atoms with Crippen LogP contribution in [0.4, 0.5) is 11.4 Å². The van der Waals surface area contributed by atoms with E-state index in [0.29, 0.717) is 24.2 Å². The van der Waals surface area contributed by atoms with Gasteiger partial charge in [-0.3, -0.25) is 14.4 Å². The van der Waals surface area contributed by atoms with Crippen LogP contribution in [0.15, 0.2) is 24.3 Å². The lowest BCUT2D eigenvalue weighted by Gasteiger charge is -2.32. The van der Waals surface area contributed by atoms with E-state index in [-0.39, 0.29) is 18.2 Å². The Morgan fingerprint density at radius 1 is 1.09 bits per heavy atom. The summed E-state index contributed by atoms with van der Waals surface area (Å²) in [5, 5.41) is 14.9. The first-order valence-electron chi connectivity index (χ1n) is 7.82. The number of carboxylic acid groups (broad SMARTS) is 1. The molecular formula is C17H22N2O4. The molecule has 1 aliphatic carbocycles. The van der Waals surface area contributed by atoms with E-state index in [4.69, 9.17) is 0 Å². The van der Waals surface area contributed by atoms with Crippen molar-refractivity contribution >= 4 is 29.2 Å². The van der Waals surface area contributed by atoms with Gasteiger partial charge < -0.3 is 15.7 Å². The molecule has 0 saturated heterocycles. The fourth-order valence-corrected chi connectivity index (χ4v) is 3.09. The lowest BCUT2D eigenvalue weighted by Crippen LogP contribution is -2.37. The van der Waals surface area contributed by atoms with E-state index in [1.165, 1.54) is 6.92 Å². The molecular weight excluding hydrogens is 296 g/mol. The second kappa shape index (κ2) is 7.26. The fourth-order valence-electron chi connectivity index (χ4n) is 3.09. The van der Waals surface area contributed by atoms with Gasteiger partial charge in [0.05, 0.1) is 5.41 Å². The topological polar surface area (TPSA) is 95.5 Å². The van der Waals surface area contributed by atoms with E-state index in [1.807, 2.05) is 0 Å². The average Bonchev–Trinajstić information content (AvgIpc) is 2.47. The molecule has 0 radical (unpaired) electrons. The van der Waals surface area contributed by atoms with Crippen molar-refractivity contribution in [2.45, 2.75) is 45.4 Å². The molecule has 1 saturated carbocycles. The van der Waals surface area contributed by atoms with Crippen LogP contribution >= 0.6 is 0 Å². The van der Waals surface area contributed by atoms with Gasteiger partial charge in [-0.15, -0.1) is 0 Å². The molecule has 124 valence electrons. The van der Waals surface area contributed by atoms with Crippen LogP contribution in [0.25, 0.3) is 0 Å². The summed E-state index contributed by atoms with van der Waals surface area (Å²) in [4.78, 5) is 34.9. The van der Waals surface area contributed by atoms with Crippen LogP contribution in [0.1, 0.15) is 45.4 Å². The van der Waals surface area contributed by atoms with Gasteiger partial charge in [0.25, 0.3) is 0 Å². The largest absolute Gasteiger partial charge is 0.481 e. The van der Waals surface area contributed by atoms with Gasteiger partial charge >= 0.3 is 5.97 Å². The Labute approximate surface area is 135 Å².